The number of phenolic OH excluding ortho intramolecular Hbond substituents is 1. The Labute approximate surface area is 728 Å². The number of aliphatic hydroxyl groups excluding tert-OH is 30. The van der Waals surface area contributed by atoms with Crippen molar-refractivity contribution in [3.8, 4) is 5.75 Å². The zero-order valence-electron chi connectivity index (χ0n) is 67.8. The van der Waals surface area contributed by atoms with Gasteiger partial charge in [0.2, 0.25) is 17.7 Å². The summed E-state index contributed by atoms with van der Waals surface area (Å²) in [6, 6.07) is 3.22. The molecular weight excluding hydrogens is 1770 g/mol. The summed E-state index contributed by atoms with van der Waals surface area (Å²) in [5.74, 6) is -3.73. The van der Waals surface area contributed by atoms with Crippen LogP contribution >= 0.6 is 0 Å². The maximum Gasteiger partial charge on any atom is 0.244 e. The number of carbonyl (C=O) groups is 3. The van der Waals surface area contributed by atoms with E-state index in [4.69, 9.17) is 90.0 Å². The van der Waals surface area contributed by atoms with Crippen LogP contribution in [0, 0.1) is 0 Å². The van der Waals surface area contributed by atoms with Gasteiger partial charge in [-0.2, -0.15) is 0 Å². The van der Waals surface area contributed by atoms with Gasteiger partial charge in [0.1, 0.15) is 256 Å². The van der Waals surface area contributed by atoms with Gasteiger partial charge in [0, 0.05) is 25.8 Å². The quantitative estimate of drug-likeness (QED) is 0.0484. The molecule has 24 aliphatic rings. The van der Waals surface area contributed by atoms with Gasteiger partial charge in [0.15, 0.2) is 62.8 Å². The van der Waals surface area contributed by atoms with Crippen molar-refractivity contribution >= 4 is 17.7 Å². The van der Waals surface area contributed by atoms with Crippen molar-refractivity contribution in [2.24, 2.45) is 0 Å². The Morgan fingerprint density at radius 3 is 0.938 bits per heavy atom. The number of benzene rings is 1. The SMILES string of the molecule is O=C(CCC(=O)N[C@@H](Cc1ccc(O)cc1)C(=O)N[C@@H]1O[C@H](CO[C@H]2O[C@H](CO)[C@@H](O)[C@H](O)[C@@H]2O)[C@@H](O)[C@H](O[C@H]2O[C@H](CO)[C@@H](O)[C@H](O)[C@@H]2O)[C@@H]1O)NC[C@@H]1O[C@@H]2O[C@H]3[C@@H](O)[C@H](O)[C@@H](O[C@H]4[C@H](O)[C@H](O)[C@@H](O[C@H]5[C@H](O)[C@@H](O)[C@@H](O[C@H]6[C@H](O)[C@@H](O)[C@@H](O[C@H]7[C@H](O)[C@@H](O)[C@@H](O[C@H]8[C@H](O)[C@@H](O)[C@@H](O[C@H]1[C@H](O)[C@H]2O)O[C@H]8CO)O[C@H]7CO)O[C@H]6CO)O[C@@H]5CO)O[C@@H]4CO)O[C@@H]3CO. The van der Waals surface area contributed by atoms with Crippen LogP contribution in [-0.4, -0.2) is 555 Å². The molecule has 0 unspecified atom stereocenters. The van der Waals surface area contributed by atoms with Crippen molar-refractivity contribution in [3.63, 3.8) is 0 Å². The highest BCUT2D eigenvalue weighted by Crippen LogP contribution is 2.41. The molecule has 0 radical (unpaired) electrons. The zero-order chi connectivity index (χ0) is 93.9. The van der Waals surface area contributed by atoms with Gasteiger partial charge in [-0.25, -0.2) is 0 Å². The van der Waals surface area contributed by atoms with Crippen LogP contribution in [0.4, 0.5) is 0 Å². The fourth-order valence-electron chi connectivity index (χ4n) is 16.6. The van der Waals surface area contributed by atoms with Crippen LogP contribution in [0.1, 0.15) is 18.4 Å². The first-order chi connectivity index (χ1) is 61.3. The van der Waals surface area contributed by atoms with Crippen LogP contribution in [0.15, 0.2) is 24.3 Å². The van der Waals surface area contributed by atoms with Gasteiger partial charge in [0.05, 0.1) is 59.5 Å². The van der Waals surface area contributed by atoms with E-state index in [9.17, 15) is 173 Å². The van der Waals surface area contributed by atoms with E-state index in [1.165, 1.54) is 24.3 Å². The predicted octanol–water partition coefficient (Wildman–Crippen LogP) is -22.3. The van der Waals surface area contributed by atoms with Crippen LogP contribution in [-0.2, 0) is 111 Å². The molecule has 56 heteroatoms. The standard InChI is InChI=1S/C73H115N3O53/c77-9-22-33(88)36(91)45(100)65(114-22)111-17-30-35(90)62(129-66-46(101)37(92)34(89)23(10-78)115-66)54(109)64(112-30)76-63(110)20(7-18-1-3-19(85)4-2-18)75-32(87)6-5-31(86)74-8-21-55-38(93)47(102)67(113-21)123-56-24(11-79)117-69(49(104)40(56)95)125-58-26(13-81)119-71(51(106)42(58)97)127-60-28(15-83)121-73(53(108)44(60)99)128-61-29(16-84)120-72(52(107)43(61)98)126-59-27(14-82)118-70(50(105)41(59)96)124-57-25(12-80)116-68(122-55)48(103)39(57)94/h1-4,20-30,33-62,64-73,77-85,88-109H,5-17H2,(H,74,86)(H,75,87)(H,76,110)/t20-,21-,22+,23+,24+,25-,26+,27-,28+,29-,30+,33+,34+,35+,36-,37-,38+,39+,40-,41+,42+,43+,44+,45-,46-,47+,48+,49-,50+,51-,52+,53+,54-,55+,56+,57+,58+,59+,60+,61+,62-,64+,65-,66+,67+,68+,69+,70+,71+,72+,73+/m0/s1. The van der Waals surface area contributed by atoms with Gasteiger partial charge in [-0.3, -0.25) is 14.4 Å². The van der Waals surface area contributed by atoms with E-state index in [0.29, 0.717) is 0 Å². The third kappa shape index (κ3) is 22.5. The highest BCUT2D eigenvalue weighted by molar-refractivity contribution is 5.89. The molecule has 129 heavy (non-hydrogen) atoms. The number of aliphatic hydroxyl groups is 30. The first-order valence-electron chi connectivity index (χ1n) is 41.2. The summed E-state index contributed by atoms with van der Waals surface area (Å²) in [5.41, 5.74) is 0.215. The summed E-state index contributed by atoms with van der Waals surface area (Å²) in [6.07, 6.45) is -108. The Balaban J connectivity index is 0.782. The average molecular weight is 1880 g/mol. The molecule has 34 N–H and O–H groups in total. The Morgan fingerprint density at radius 2 is 0.605 bits per heavy atom. The van der Waals surface area contributed by atoms with E-state index in [0.717, 1.165) is 0 Å². The molecule has 1 aromatic rings. The number of carbonyl (C=O) groups excluding carboxylic acids is 3. The Hall–Kier alpha value is -4.53. The van der Waals surface area contributed by atoms with Crippen LogP contribution < -0.4 is 16.0 Å². The van der Waals surface area contributed by atoms with Crippen molar-refractivity contribution in [1.29, 1.82) is 0 Å². The molecule has 3 amide bonds. The molecule has 740 valence electrons. The van der Waals surface area contributed by atoms with Crippen LogP contribution in [0.25, 0.3) is 0 Å². The molecule has 1 aromatic carbocycles. The van der Waals surface area contributed by atoms with E-state index in [-0.39, 0.29) is 11.3 Å². The minimum absolute atomic E-state index is 0.215. The largest absolute Gasteiger partial charge is 0.508 e. The lowest BCUT2D eigenvalue weighted by atomic mass is 9.95. The van der Waals surface area contributed by atoms with Gasteiger partial charge in [0.25, 0.3) is 0 Å². The van der Waals surface area contributed by atoms with E-state index < -0.39 is 416 Å². The van der Waals surface area contributed by atoms with Crippen molar-refractivity contribution < 1.29 is 263 Å². The normalized spacial score (nSPS) is 48.7. The summed E-state index contributed by atoms with van der Waals surface area (Å²) in [6.45, 7) is -10.8. The first kappa shape index (κ1) is 103. The van der Waals surface area contributed by atoms with Crippen molar-refractivity contribution in [1.82, 2.24) is 16.0 Å². The first-order valence-corrected chi connectivity index (χ1v) is 41.2. The molecule has 56 nitrogen and oxygen atoms in total. The molecule has 24 fully saturated rings. The van der Waals surface area contributed by atoms with Gasteiger partial charge in [-0.1, -0.05) is 12.1 Å². The molecule has 24 saturated heterocycles. The summed E-state index contributed by atoms with van der Waals surface area (Å²) in [7, 11) is 0. The molecule has 25 rings (SSSR count). The second-order valence-electron chi connectivity index (χ2n) is 32.7. The van der Waals surface area contributed by atoms with E-state index in [1.54, 1.807) is 0 Å². The number of rotatable bonds is 23. The van der Waals surface area contributed by atoms with Crippen LogP contribution in [0.3, 0.4) is 0 Å². The Morgan fingerprint density at radius 1 is 0.302 bits per heavy atom. The lowest BCUT2D eigenvalue weighted by molar-refractivity contribution is -0.396. The second kappa shape index (κ2) is 45.2. The average Bonchev–Trinajstić information content (AvgIpc) is 0.912. The number of phenols is 1. The second-order valence-corrected chi connectivity index (χ2v) is 32.7. The molecule has 0 saturated carbocycles. The molecular formula is C73H115N3O53. The molecule has 0 spiro atoms. The van der Waals surface area contributed by atoms with E-state index in [2.05, 4.69) is 16.0 Å². The van der Waals surface area contributed by atoms with Crippen molar-refractivity contribution in [3.05, 3.63) is 29.8 Å². The fourth-order valence-corrected chi connectivity index (χ4v) is 16.6. The fraction of sp³-hybridized carbons (Fsp3) is 0.877. The number of hydrogen-bond acceptors (Lipinski definition) is 53. The smallest absolute Gasteiger partial charge is 0.244 e. The number of hydrogen-bond donors (Lipinski definition) is 34. The van der Waals surface area contributed by atoms with Gasteiger partial charge in [-0.15, -0.1) is 0 Å². The molecule has 24 aliphatic heterocycles. The van der Waals surface area contributed by atoms with Crippen LogP contribution in [0.5, 0.6) is 5.75 Å². The highest BCUT2D eigenvalue weighted by Gasteiger charge is 2.62. The summed E-state index contributed by atoms with van der Waals surface area (Å²) < 4.78 is 110. The highest BCUT2D eigenvalue weighted by atomic mass is 16.8. The zero-order valence-corrected chi connectivity index (χ0v) is 67.8. The summed E-state index contributed by atoms with van der Waals surface area (Å²) in [4.78, 5) is 43.0. The van der Waals surface area contributed by atoms with Gasteiger partial charge in [-0.05, 0) is 17.7 Å². The number of ether oxygens (including phenoxy) is 19. The molecule has 0 aromatic heterocycles. The maximum absolute atomic E-state index is 14.7. The summed E-state index contributed by atoms with van der Waals surface area (Å²) in [5, 5.41) is 351. The monoisotopic (exact) mass is 1880 g/mol. The minimum Gasteiger partial charge on any atom is -0.508 e. The number of aromatic hydroxyl groups is 1. The third-order valence-electron chi connectivity index (χ3n) is 24.1. The third-order valence-corrected chi connectivity index (χ3v) is 24.1. The maximum atomic E-state index is 14.7. The number of amides is 3. The van der Waals surface area contributed by atoms with Gasteiger partial charge < -0.3 is 264 Å². The van der Waals surface area contributed by atoms with Gasteiger partial charge >= 0.3 is 0 Å². The van der Waals surface area contributed by atoms with Crippen LogP contribution in [0.2, 0.25) is 0 Å². The Kier molecular flexibility index (Phi) is 36.2. The molecule has 51 atom stereocenters. The topological polar surface area (TPSA) is 890 Å². The lowest BCUT2D eigenvalue weighted by Crippen LogP contribution is -2.68. The lowest BCUT2D eigenvalue weighted by Gasteiger charge is -2.50. The molecule has 14 bridgehead atoms. The van der Waals surface area contributed by atoms with E-state index >= 15 is 0 Å². The van der Waals surface area contributed by atoms with Crippen molar-refractivity contribution in [2.75, 3.05) is 66.0 Å². The predicted molar refractivity (Wildman–Crippen MR) is 395 cm³/mol. The number of nitrogens with one attached hydrogen (secondary N) is 3. The minimum atomic E-state index is -2.47. The Bertz CT molecular complexity index is 3640. The molecule has 0 aliphatic carbocycles. The van der Waals surface area contributed by atoms with Crippen molar-refractivity contribution in [2.45, 2.75) is 332 Å². The molecule has 24 heterocycles. The van der Waals surface area contributed by atoms with E-state index in [1.807, 2.05) is 0 Å². The summed E-state index contributed by atoms with van der Waals surface area (Å²) >= 11 is 0.